The Kier molecular flexibility index (Phi) is 4.36. The van der Waals surface area contributed by atoms with Gasteiger partial charge in [0.05, 0.1) is 6.61 Å². The van der Waals surface area contributed by atoms with Gasteiger partial charge >= 0.3 is 5.97 Å². The van der Waals surface area contributed by atoms with Gasteiger partial charge in [-0.1, -0.05) is 0 Å². The molecule has 0 amide bonds. The molecule has 0 radical (unpaired) electrons. The number of carbonyl (C=O) groups excluding carboxylic acids is 1. The van der Waals surface area contributed by atoms with Crippen molar-refractivity contribution in [3.05, 3.63) is 11.3 Å². The van der Waals surface area contributed by atoms with Crippen LogP contribution < -0.4 is 0 Å². The first kappa shape index (κ1) is 11.0. The van der Waals surface area contributed by atoms with Crippen molar-refractivity contribution in [2.24, 2.45) is 0 Å². The first-order valence-corrected chi connectivity index (χ1v) is 3.71. The fourth-order valence-electron chi connectivity index (χ4n) is 0.606. The van der Waals surface area contributed by atoms with E-state index in [1.165, 1.54) is 0 Å². The SMILES string of the molecule is CCOC(=O)C(O)C(O)=C(C)C. The van der Waals surface area contributed by atoms with E-state index in [1.54, 1.807) is 20.8 Å². The number of carbonyl (C=O) groups is 1. The van der Waals surface area contributed by atoms with Gasteiger partial charge in [0.1, 0.15) is 5.76 Å². The Morgan fingerprint density at radius 3 is 2.33 bits per heavy atom. The van der Waals surface area contributed by atoms with Gasteiger partial charge in [-0.3, -0.25) is 0 Å². The second-order valence-corrected chi connectivity index (χ2v) is 2.54. The second kappa shape index (κ2) is 4.77. The van der Waals surface area contributed by atoms with E-state index in [-0.39, 0.29) is 12.4 Å². The molecule has 2 N–H and O–H groups in total. The van der Waals surface area contributed by atoms with Crippen LogP contribution in [-0.4, -0.2) is 28.9 Å². The number of allylic oxidation sites excluding steroid dienone is 1. The third-order valence-corrected chi connectivity index (χ3v) is 1.28. The zero-order valence-corrected chi connectivity index (χ0v) is 7.50. The molecule has 0 bridgehead atoms. The number of rotatable bonds is 3. The molecule has 0 aromatic heterocycles. The average molecular weight is 174 g/mol. The van der Waals surface area contributed by atoms with Crippen molar-refractivity contribution >= 4 is 5.97 Å². The Labute approximate surface area is 71.5 Å². The molecule has 0 aromatic rings. The van der Waals surface area contributed by atoms with E-state index in [1.807, 2.05) is 0 Å². The molecular weight excluding hydrogens is 160 g/mol. The number of ether oxygens (including phenoxy) is 1. The molecule has 0 saturated heterocycles. The molecule has 0 aliphatic carbocycles. The summed E-state index contributed by atoms with van der Waals surface area (Å²) in [5.74, 6) is -1.16. The molecule has 70 valence electrons. The minimum atomic E-state index is -1.55. The first-order chi connectivity index (χ1) is 5.50. The summed E-state index contributed by atoms with van der Waals surface area (Å²) in [7, 11) is 0. The lowest BCUT2D eigenvalue weighted by atomic mass is 10.2. The molecule has 0 aromatic carbocycles. The number of aliphatic hydroxyl groups is 2. The Balaban J connectivity index is 4.30. The first-order valence-electron chi connectivity index (χ1n) is 3.71. The topological polar surface area (TPSA) is 66.8 Å². The van der Waals surface area contributed by atoms with Crippen LogP contribution in [0.1, 0.15) is 20.8 Å². The number of hydrogen-bond donors (Lipinski definition) is 2. The molecule has 0 aliphatic heterocycles. The molecule has 4 heteroatoms. The van der Waals surface area contributed by atoms with Gasteiger partial charge in [-0.15, -0.1) is 0 Å². The molecule has 0 aliphatic rings. The van der Waals surface area contributed by atoms with Crippen LogP contribution in [-0.2, 0) is 9.53 Å². The fraction of sp³-hybridized carbons (Fsp3) is 0.625. The largest absolute Gasteiger partial charge is 0.509 e. The van der Waals surface area contributed by atoms with Crippen LogP contribution >= 0.6 is 0 Å². The number of esters is 1. The van der Waals surface area contributed by atoms with Crippen LogP contribution in [0.2, 0.25) is 0 Å². The van der Waals surface area contributed by atoms with Crippen LogP contribution in [0.25, 0.3) is 0 Å². The smallest absolute Gasteiger partial charge is 0.342 e. The van der Waals surface area contributed by atoms with Crippen LogP contribution in [0.4, 0.5) is 0 Å². The molecule has 0 heterocycles. The molecule has 1 unspecified atom stereocenters. The third-order valence-electron chi connectivity index (χ3n) is 1.28. The second-order valence-electron chi connectivity index (χ2n) is 2.54. The van der Waals surface area contributed by atoms with Gasteiger partial charge in [0.2, 0.25) is 6.10 Å². The van der Waals surface area contributed by atoms with Gasteiger partial charge in [-0.2, -0.15) is 0 Å². The summed E-state index contributed by atoms with van der Waals surface area (Å²) in [4.78, 5) is 10.8. The predicted molar refractivity (Wildman–Crippen MR) is 43.6 cm³/mol. The highest BCUT2D eigenvalue weighted by Gasteiger charge is 2.21. The van der Waals surface area contributed by atoms with Crippen LogP contribution in [0.15, 0.2) is 11.3 Å². The Morgan fingerprint density at radius 1 is 1.50 bits per heavy atom. The standard InChI is InChI=1S/C8H14O4/c1-4-12-8(11)7(10)6(9)5(2)3/h7,9-10H,4H2,1-3H3. The molecule has 12 heavy (non-hydrogen) atoms. The highest BCUT2D eigenvalue weighted by molar-refractivity contribution is 5.77. The van der Waals surface area contributed by atoms with E-state index in [4.69, 9.17) is 10.2 Å². The summed E-state index contributed by atoms with van der Waals surface area (Å²) in [5.41, 5.74) is 0.496. The van der Waals surface area contributed by atoms with Crippen LogP contribution in [0, 0.1) is 0 Å². The van der Waals surface area contributed by atoms with Gasteiger partial charge in [-0.25, -0.2) is 4.79 Å². The summed E-state index contributed by atoms with van der Waals surface area (Å²) in [6.07, 6.45) is -1.55. The zero-order chi connectivity index (χ0) is 9.72. The maximum atomic E-state index is 10.8. The summed E-state index contributed by atoms with van der Waals surface area (Å²) in [5, 5.41) is 18.2. The van der Waals surface area contributed by atoms with Crippen molar-refractivity contribution in [1.29, 1.82) is 0 Å². The van der Waals surface area contributed by atoms with Crippen LogP contribution in [0.5, 0.6) is 0 Å². The highest BCUT2D eigenvalue weighted by atomic mass is 16.5. The zero-order valence-electron chi connectivity index (χ0n) is 7.50. The van der Waals surface area contributed by atoms with E-state index < -0.39 is 12.1 Å². The lowest BCUT2D eigenvalue weighted by molar-refractivity contribution is -0.152. The van der Waals surface area contributed by atoms with Gasteiger partial charge < -0.3 is 14.9 Å². The van der Waals surface area contributed by atoms with Gasteiger partial charge in [-0.05, 0) is 26.3 Å². The molecule has 1 atom stereocenters. The molecule has 0 fully saturated rings. The third kappa shape index (κ3) is 2.92. The number of aliphatic hydroxyl groups excluding tert-OH is 2. The molecular formula is C8H14O4. The maximum absolute atomic E-state index is 10.8. The summed E-state index contributed by atoms with van der Waals surface area (Å²) in [6.45, 7) is 5.01. The van der Waals surface area contributed by atoms with E-state index in [9.17, 15) is 4.79 Å². The van der Waals surface area contributed by atoms with Crippen molar-refractivity contribution in [2.75, 3.05) is 6.61 Å². The maximum Gasteiger partial charge on any atom is 0.342 e. The van der Waals surface area contributed by atoms with Crippen molar-refractivity contribution in [3.63, 3.8) is 0 Å². The van der Waals surface area contributed by atoms with Crippen molar-refractivity contribution in [1.82, 2.24) is 0 Å². The fourth-order valence-corrected chi connectivity index (χ4v) is 0.606. The van der Waals surface area contributed by atoms with E-state index >= 15 is 0 Å². The molecule has 0 saturated carbocycles. The predicted octanol–water partition coefficient (Wildman–Crippen LogP) is 0.762. The Bertz CT molecular complexity index is 191. The normalized spacial score (nSPS) is 12.0. The van der Waals surface area contributed by atoms with E-state index in [2.05, 4.69) is 4.74 Å². The molecule has 0 rings (SSSR count). The van der Waals surface area contributed by atoms with E-state index in [0.29, 0.717) is 5.57 Å². The minimum Gasteiger partial charge on any atom is -0.509 e. The summed E-state index contributed by atoms with van der Waals surface area (Å²) < 4.78 is 4.49. The number of hydrogen-bond acceptors (Lipinski definition) is 4. The Morgan fingerprint density at radius 2 is 2.00 bits per heavy atom. The minimum absolute atomic E-state index is 0.186. The quantitative estimate of drug-likeness (QED) is 0.489. The van der Waals surface area contributed by atoms with Gasteiger partial charge in [0, 0.05) is 0 Å². The lowest BCUT2D eigenvalue weighted by Crippen LogP contribution is -2.25. The lowest BCUT2D eigenvalue weighted by Gasteiger charge is -2.09. The highest BCUT2D eigenvalue weighted by Crippen LogP contribution is 2.06. The summed E-state index contributed by atoms with van der Waals surface area (Å²) in [6, 6.07) is 0. The Hall–Kier alpha value is -1.03. The van der Waals surface area contributed by atoms with E-state index in [0.717, 1.165) is 0 Å². The summed E-state index contributed by atoms with van der Waals surface area (Å²) >= 11 is 0. The van der Waals surface area contributed by atoms with Crippen LogP contribution in [0.3, 0.4) is 0 Å². The monoisotopic (exact) mass is 174 g/mol. The average Bonchev–Trinajstić information content (AvgIpc) is 2.02. The van der Waals surface area contributed by atoms with Gasteiger partial charge in [0.15, 0.2) is 0 Å². The van der Waals surface area contributed by atoms with Gasteiger partial charge in [0.25, 0.3) is 0 Å². The van der Waals surface area contributed by atoms with Crippen molar-refractivity contribution < 1.29 is 19.7 Å². The van der Waals surface area contributed by atoms with Crippen molar-refractivity contribution in [3.8, 4) is 0 Å². The molecule has 0 spiro atoms. The van der Waals surface area contributed by atoms with Crippen molar-refractivity contribution in [2.45, 2.75) is 26.9 Å². The molecule has 4 nitrogen and oxygen atoms in total.